The molecule has 0 aliphatic heterocycles. The predicted octanol–water partition coefficient (Wildman–Crippen LogP) is 3.09. The summed E-state index contributed by atoms with van der Waals surface area (Å²) in [6.45, 7) is 4.34. The first-order valence-electron chi connectivity index (χ1n) is 4.85. The standard InChI is InChI=1S/C13H16O/c1-11(2)5-4-6-12-7-9-13(14-3)10-8-12/h7-11H,5H2,1-3H3. The van der Waals surface area contributed by atoms with E-state index >= 15 is 0 Å². The number of methoxy groups -OCH3 is 1. The van der Waals surface area contributed by atoms with Crippen LogP contribution in [0, 0.1) is 17.8 Å². The number of benzene rings is 1. The van der Waals surface area contributed by atoms with Crippen molar-refractivity contribution in [1.29, 1.82) is 0 Å². The Morgan fingerprint density at radius 2 is 1.86 bits per heavy atom. The summed E-state index contributed by atoms with van der Waals surface area (Å²) in [5, 5.41) is 0. The van der Waals surface area contributed by atoms with Gasteiger partial charge in [0, 0.05) is 12.0 Å². The van der Waals surface area contributed by atoms with E-state index in [1.165, 1.54) is 0 Å². The largest absolute Gasteiger partial charge is 0.497 e. The number of hydrogen-bond donors (Lipinski definition) is 0. The second-order valence-corrected chi connectivity index (χ2v) is 3.63. The second kappa shape index (κ2) is 5.34. The van der Waals surface area contributed by atoms with Crippen LogP contribution >= 0.6 is 0 Å². The van der Waals surface area contributed by atoms with Crippen molar-refractivity contribution in [2.24, 2.45) is 5.92 Å². The van der Waals surface area contributed by atoms with Crippen LogP contribution in [0.3, 0.4) is 0 Å². The Balaban J connectivity index is 2.62. The van der Waals surface area contributed by atoms with Crippen LogP contribution in [0.5, 0.6) is 5.75 Å². The van der Waals surface area contributed by atoms with Crippen LogP contribution in [-0.2, 0) is 0 Å². The van der Waals surface area contributed by atoms with Crippen molar-refractivity contribution in [3.8, 4) is 17.6 Å². The van der Waals surface area contributed by atoms with Gasteiger partial charge in [0.15, 0.2) is 0 Å². The van der Waals surface area contributed by atoms with E-state index in [-0.39, 0.29) is 0 Å². The Morgan fingerprint density at radius 1 is 1.21 bits per heavy atom. The molecule has 0 fully saturated rings. The molecule has 74 valence electrons. The summed E-state index contributed by atoms with van der Waals surface area (Å²) >= 11 is 0. The maximum absolute atomic E-state index is 5.06. The lowest BCUT2D eigenvalue weighted by Gasteiger charge is -1.97. The van der Waals surface area contributed by atoms with Crippen LogP contribution in [0.15, 0.2) is 24.3 Å². The first-order valence-corrected chi connectivity index (χ1v) is 4.85. The van der Waals surface area contributed by atoms with E-state index in [1.807, 2.05) is 24.3 Å². The molecule has 0 aromatic heterocycles. The fourth-order valence-corrected chi connectivity index (χ4v) is 1.03. The third kappa shape index (κ3) is 3.53. The highest BCUT2D eigenvalue weighted by Gasteiger charge is 1.90. The molecule has 1 rings (SSSR count). The Bertz CT molecular complexity index is 324. The molecule has 0 atom stereocenters. The van der Waals surface area contributed by atoms with Crippen molar-refractivity contribution in [2.75, 3.05) is 7.11 Å². The quantitative estimate of drug-likeness (QED) is 0.648. The molecule has 1 heteroatoms. The molecule has 0 saturated heterocycles. The van der Waals surface area contributed by atoms with Crippen molar-refractivity contribution < 1.29 is 4.74 Å². The molecule has 0 amide bonds. The highest BCUT2D eigenvalue weighted by atomic mass is 16.5. The number of hydrogen-bond acceptors (Lipinski definition) is 1. The van der Waals surface area contributed by atoms with Gasteiger partial charge in [-0.05, 0) is 30.2 Å². The van der Waals surface area contributed by atoms with Gasteiger partial charge in [-0.1, -0.05) is 25.7 Å². The molecular formula is C13H16O. The van der Waals surface area contributed by atoms with Crippen molar-refractivity contribution in [1.82, 2.24) is 0 Å². The van der Waals surface area contributed by atoms with Gasteiger partial charge in [-0.15, -0.1) is 0 Å². The smallest absolute Gasteiger partial charge is 0.118 e. The first kappa shape index (κ1) is 10.7. The summed E-state index contributed by atoms with van der Waals surface area (Å²) in [6, 6.07) is 7.82. The molecule has 0 bridgehead atoms. The maximum atomic E-state index is 5.06. The fourth-order valence-electron chi connectivity index (χ4n) is 1.03. The van der Waals surface area contributed by atoms with E-state index in [1.54, 1.807) is 7.11 Å². The van der Waals surface area contributed by atoms with E-state index < -0.39 is 0 Å². The summed E-state index contributed by atoms with van der Waals surface area (Å²) in [4.78, 5) is 0. The molecule has 0 saturated carbocycles. The summed E-state index contributed by atoms with van der Waals surface area (Å²) in [6.07, 6.45) is 0.950. The van der Waals surface area contributed by atoms with Gasteiger partial charge in [0.1, 0.15) is 5.75 Å². The third-order valence-electron chi connectivity index (χ3n) is 1.83. The van der Waals surface area contributed by atoms with E-state index in [2.05, 4.69) is 25.7 Å². The van der Waals surface area contributed by atoms with Crippen LogP contribution < -0.4 is 4.74 Å². The highest BCUT2D eigenvalue weighted by Crippen LogP contribution is 2.10. The topological polar surface area (TPSA) is 9.23 Å². The molecule has 1 aromatic rings. The molecule has 0 heterocycles. The lowest BCUT2D eigenvalue weighted by atomic mass is 10.1. The summed E-state index contributed by atoms with van der Waals surface area (Å²) in [7, 11) is 1.67. The normalized spacial score (nSPS) is 9.43. The molecule has 0 spiro atoms. The molecule has 0 aliphatic carbocycles. The number of ether oxygens (including phenoxy) is 1. The average molecular weight is 188 g/mol. The molecule has 0 radical (unpaired) electrons. The predicted molar refractivity (Wildman–Crippen MR) is 59.3 cm³/mol. The maximum Gasteiger partial charge on any atom is 0.118 e. The number of rotatable bonds is 2. The Morgan fingerprint density at radius 3 is 2.36 bits per heavy atom. The lowest BCUT2D eigenvalue weighted by molar-refractivity contribution is 0.415. The van der Waals surface area contributed by atoms with Gasteiger partial charge in [-0.3, -0.25) is 0 Å². The van der Waals surface area contributed by atoms with Gasteiger partial charge in [0.05, 0.1) is 7.11 Å². The minimum atomic E-state index is 0.640. The third-order valence-corrected chi connectivity index (χ3v) is 1.83. The van der Waals surface area contributed by atoms with Gasteiger partial charge in [0.2, 0.25) is 0 Å². The van der Waals surface area contributed by atoms with E-state index in [4.69, 9.17) is 4.74 Å². The van der Waals surface area contributed by atoms with Crippen molar-refractivity contribution in [2.45, 2.75) is 20.3 Å². The van der Waals surface area contributed by atoms with Gasteiger partial charge in [0.25, 0.3) is 0 Å². The zero-order valence-electron chi connectivity index (χ0n) is 9.00. The lowest BCUT2D eigenvalue weighted by Crippen LogP contribution is -1.83. The first-order chi connectivity index (χ1) is 6.72. The fraction of sp³-hybridized carbons (Fsp3) is 0.385. The van der Waals surface area contributed by atoms with Gasteiger partial charge in [-0.2, -0.15) is 0 Å². The van der Waals surface area contributed by atoms with Crippen molar-refractivity contribution >= 4 is 0 Å². The van der Waals surface area contributed by atoms with Crippen LogP contribution in [-0.4, -0.2) is 7.11 Å². The SMILES string of the molecule is COc1ccc(C#CCC(C)C)cc1. The minimum absolute atomic E-state index is 0.640. The Kier molecular flexibility index (Phi) is 4.07. The Hall–Kier alpha value is -1.42. The van der Waals surface area contributed by atoms with Gasteiger partial charge in [-0.25, -0.2) is 0 Å². The van der Waals surface area contributed by atoms with Gasteiger partial charge < -0.3 is 4.74 Å². The zero-order chi connectivity index (χ0) is 10.4. The monoisotopic (exact) mass is 188 g/mol. The highest BCUT2D eigenvalue weighted by molar-refractivity contribution is 5.38. The summed E-state index contributed by atoms with van der Waals surface area (Å²) in [5.74, 6) is 7.78. The summed E-state index contributed by atoms with van der Waals surface area (Å²) in [5.41, 5.74) is 1.05. The van der Waals surface area contributed by atoms with Crippen LogP contribution in [0.1, 0.15) is 25.8 Å². The average Bonchev–Trinajstić information content (AvgIpc) is 2.18. The molecule has 0 unspecified atom stereocenters. The summed E-state index contributed by atoms with van der Waals surface area (Å²) < 4.78 is 5.06. The van der Waals surface area contributed by atoms with Gasteiger partial charge >= 0.3 is 0 Å². The van der Waals surface area contributed by atoms with E-state index in [0.717, 1.165) is 17.7 Å². The second-order valence-electron chi connectivity index (χ2n) is 3.63. The van der Waals surface area contributed by atoms with Crippen LogP contribution in [0.25, 0.3) is 0 Å². The molecule has 14 heavy (non-hydrogen) atoms. The molecule has 1 nitrogen and oxygen atoms in total. The molecule has 0 aliphatic rings. The van der Waals surface area contributed by atoms with Crippen LogP contribution in [0.2, 0.25) is 0 Å². The minimum Gasteiger partial charge on any atom is -0.497 e. The molecule has 0 N–H and O–H groups in total. The van der Waals surface area contributed by atoms with E-state index in [0.29, 0.717) is 5.92 Å². The Labute approximate surface area is 86.1 Å². The van der Waals surface area contributed by atoms with Crippen molar-refractivity contribution in [3.05, 3.63) is 29.8 Å². The zero-order valence-corrected chi connectivity index (χ0v) is 9.00. The van der Waals surface area contributed by atoms with Crippen molar-refractivity contribution in [3.63, 3.8) is 0 Å². The molecular weight excluding hydrogens is 172 g/mol. The van der Waals surface area contributed by atoms with E-state index in [9.17, 15) is 0 Å². The van der Waals surface area contributed by atoms with Crippen LogP contribution in [0.4, 0.5) is 0 Å². The molecule has 1 aromatic carbocycles.